The molecular weight excluding hydrogens is 249 g/mol. The number of ether oxygens (including phenoxy) is 1. The zero-order chi connectivity index (χ0) is 12.8. The van der Waals surface area contributed by atoms with E-state index in [0.717, 1.165) is 6.54 Å². The van der Waals surface area contributed by atoms with Gasteiger partial charge in [0.1, 0.15) is 6.61 Å². The Morgan fingerprint density at radius 1 is 1.28 bits per heavy atom. The fourth-order valence-corrected chi connectivity index (χ4v) is 2.46. The standard InChI is InChI=1S/C14H16FNOS/c1-11-6-9-18-14(11)10-16-7-8-17-13-5-3-2-4-12(13)15/h2-6,9,16H,7-8,10H2,1H3. The van der Waals surface area contributed by atoms with Gasteiger partial charge in [-0.15, -0.1) is 11.3 Å². The fourth-order valence-electron chi connectivity index (χ4n) is 1.58. The number of hydrogen-bond donors (Lipinski definition) is 1. The Hall–Kier alpha value is -1.39. The van der Waals surface area contributed by atoms with Crippen molar-refractivity contribution in [3.05, 3.63) is 52.0 Å². The minimum atomic E-state index is -0.313. The van der Waals surface area contributed by atoms with Crippen molar-refractivity contribution in [1.29, 1.82) is 0 Å². The largest absolute Gasteiger partial charge is 0.489 e. The number of thiophene rings is 1. The Labute approximate surface area is 110 Å². The first kappa shape index (κ1) is 13.1. The number of rotatable bonds is 6. The molecule has 0 radical (unpaired) electrons. The lowest BCUT2D eigenvalue weighted by Crippen LogP contribution is -2.20. The van der Waals surface area contributed by atoms with Crippen LogP contribution in [0.2, 0.25) is 0 Å². The summed E-state index contributed by atoms with van der Waals surface area (Å²) < 4.78 is 18.6. The monoisotopic (exact) mass is 265 g/mol. The molecule has 2 aromatic rings. The molecule has 0 amide bonds. The highest BCUT2D eigenvalue weighted by Gasteiger charge is 2.01. The predicted octanol–water partition coefficient (Wildman–Crippen LogP) is 3.36. The molecule has 1 heterocycles. The highest BCUT2D eigenvalue weighted by molar-refractivity contribution is 7.10. The first-order chi connectivity index (χ1) is 8.77. The molecular formula is C14H16FNOS. The molecule has 0 bridgehead atoms. The molecule has 18 heavy (non-hydrogen) atoms. The lowest BCUT2D eigenvalue weighted by molar-refractivity contribution is 0.298. The van der Waals surface area contributed by atoms with Crippen molar-refractivity contribution in [2.75, 3.05) is 13.2 Å². The van der Waals surface area contributed by atoms with E-state index in [1.165, 1.54) is 16.5 Å². The summed E-state index contributed by atoms with van der Waals surface area (Å²) in [5.41, 5.74) is 1.31. The molecule has 1 N–H and O–H groups in total. The Morgan fingerprint density at radius 3 is 2.83 bits per heavy atom. The van der Waals surface area contributed by atoms with Crippen LogP contribution < -0.4 is 10.1 Å². The van der Waals surface area contributed by atoms with Gasteiger partial charge >= 0.3 is 0 Å². The molecule has 2 nitrogen and oxygen atoms in total. The van der Waals surface area contributed by atoms with Crippen molar-refractivity contribution in [3.8, 4) is 5.75 Å². The van der Waals surface area contributed by atoms with Gasteiger partial charge in [0.2, 0.25) is 0 Å². The van der Waals surface area contributed by atoms with Crippen LogP contribution in [-0.4, -0.2) is 13.2 Å². The van der Waals surface area contributed by atoms with Crippen LogP contribution in [0.3, 0.4) is 0 Å². The van der Waals surface area contributed by atoms with Crippen LogP contribution in [0.15, 0.2) is 35.7 Å². The van der Waals surface area contributed by atoms with Gasteiger partial charge in [-0.05, 0) is 36.1 Å². The van der Waals surface area contributed by atoms with Gasteiger partial charge in [-0.3, -0.25) is 0 Å². The minimum Gasteiger partial charge on any atom is -0.489 e. The molecule has 0 aliphatic heterocycles. The van der Waals surface area contributed by atoms with Crippen molar-refractivity contribution < 1.29 is 9.13 Å². The quantitative estimate of drug-likeness (QED) is 0.809. The summed E-state index contributed by atoms with van der Waals surface area (Å²) in [4.78, 5) is 1.33. The summed E-state index contributed by atoms with van der Waals surface area (Å²) in [7, 11) is 0. The van der Waals surface area contributed by atoms with Crippen molar-refractivity contribution in [2.45, 2.75) is 13.5 Å². The highest BCUT2D eigenvalue weighted by atomic mass is 32.1. The zero-order valence-electron chi connectivity index (χ0n) is 10.3. The number of halogens is 1. The lowest BCUT2D eigenvalue weighted by atomic mass is 10.3. The van der Waals surface area contributed by atoms with Crippen LogP contribution in [0, 0.1) is 12.7 Å². The summed E-state index contributed by atoms with van der Waals surface area (Å²) in [5.74, 6) is -0.00166. The van der Waals surface area contributed by atoms with E-state index in [9.17, 15) is 4.39 Å². The lowest BCUT2D eigenvalue weighted by Gasteiger charge is -2.08. The molecule has 2 rings (SSSR count). The van der Waals surface area contributed by atoms with Gasteiger partial charge in [-0.1, -0.05) is 12.1 Å². The van der Waals surface area contributed by atoms with Gasteiger partial charge in [-0.2, -0.15) is 0 Å². The van der Waals surface area contributed by atoms with Gasteiger partial charge in [0.15, 0.2) is 11.6 Å². The number of nitrogens with one attached hydrogen (secondary N) is 1. The van der Waals surface area contributed by atoms with E-state index in [1.54, 1.807) is 29.5 Å². The predicted molar refractivity (Wildman–Crippen MR) is 72.7 cm³/mol. The summed E-state index contributed by atoms with van der Waals surface area (Å²) in [5, 5.41) is 5.37. The molecule has 0 atom stereocenters. The molecule has 0 saturated heterocycles. The molecule has 0 fully saturated rings. The smallest absolute Gasteiger partial charge is 0.165 e. The average Bonchev–Trinajstić information content (AvgIpc) is 2.77. The van der Waals surface area contributed by atoms with Crippen LogP contribution in [0.5, 0.6) is 5.75 Å². The first-order valence-electron chi connectivity index (χ1n) is 5.88. The molecule has 0 aliphatic rings. The maximum Gasteiger partial charge on any atom is 0.165 e. The second-order valence-corrected chi connectivity index (χ2v) is 4.98. The third-order valence-electron chi connectivity index (χ3n) is 2.63. The SMILES string of the molecule is Cc1ccsc1CNCCOc1ccccc1F. The van der Waals surface area contributed by atoms with Crippen LogP contribution in [0.25, 0.3) is 0 Å². The van der Waals surface area contributed by atoms with E-state index in [-0.39, 0.29) is 5.82 Å². The van der Waals surface area contributed by atoms with Gasteiger partial charge in [0, 0.05) is 18.0 Å². The van der Waals surface area contributed by atoms with E-state index in [4.69, 9.17) is 4.74 Å². The second-order valence-electron chi connectivity index (χ2n) is 3.98. The van der Waals surface area contributed by atoms with E-state index in [2.05, 4.69) is 23.7 Å². The molecule has 0 saturated carbocycles. The number of para-hydroxylation sites is 1. The number of aryl methyl sites for hydroxylation is 1. The van der Waals surface area contributed by atoms with Crippen LogP contribution >= 0.6 is 11.3 Å². The molecule has 96 valence electrons. The molecule has 0 unspecified atom stereocenters. The van der Waals surface area contributed by atoms with E-state index in [0.29, 0.717) is 18.9 Å². The van der Waals surface area contributed by atoms with Gasteiger partial charge in [0.05, 0.1) is 0 Å². The van der Waals surface area contributed by atoms with Gasteiger partial charge in [0.25, 0.3) is 0 Å². The molecule has 1 aromatic heterocycles. The fraction of sp³-hybridized carbons (Fsp3) is 0.286. The van der Waals surface area contributed by atoms with Gasteiger partial charge in [-0.25, -0.2) is 4.39 Å². The summed E-state index contributed by atoms with van der Waals surface area (Å²) in [6.07, 6.45) is 0. The van der Waals surface area contributed by atoms with Crippen molar-refractivity contribution >= 4 is 11.3 Å². The van der Waals surface area contributed by atoms with Crippen molar-refractivity contribution in [3.63, 3.8) is 0 Å². The normalized spacial score (nSPS) is 10.6. The maximum atomic E-state index is 13.2. The van der Waals surface area contributed by atoms with Crippen LogP contribution in [-0.2, 0) is 6.54 Å². The van der Waals surface area contributed by atoms with Crippen LogP contribution in [0.1, 0.15) is 10.4 Å². The van der Waals surface area contributed by atoms with Gasteiger partial charge < -0.3 is 10.1 Å². The third-order valence-corrected chi connectivity index (χ3v) is 3.65. The third kappa shape index (κ3) is 3.55. The topological polar surface area (TPSA) is 21.3 Å². The Bertz CT molecular complexity index is 498. The van der Waals surface area contributed by atoms with Crippen molar-refractivity contribution in [2.24, 2.45) is 0 Å². The van der Waals surface area contributed by atoms with E-state index < -0.39 is 0 Å². The first-order valence-corrected chi connectivity index (χ1v) is 6.76. The minimum absolute atomic E-state index is 0.312. The highest BCUT2D eigenvalue weighted by Crippen LogP contribution is 2.15. The van der Waals surface area contributed by atoms with E-state index in [1.807, 2.05) is 0 Å². The Kier molecular flexibility index (Phi) is 4.73. The summed E-state index contributed by atoms with van der Waals surface area (Å²) >= 11 is 1.74. The van der Waals surface area contributed by atoms with Crippen LogP contribution in [0.4, 0.5) is 4.39 Å². The molecule has 0 spiro atoms. The summed E-state index contributed by atoms with van der Waals surface area (Å²) in [6, 6.07) is 8.56. The van der Waals surface area contributed by atoms with E-state index >= 15 is 0 Å². The number of benzene rings is 1. The Morgan fingerprint density at radius 2 is 2.11 bits per heavy atom. The Balaban J connectivity index is 1.68. The second kappa shape index (κ2) is 6.52. The molecule has 4 heteroatoms. The maximum absolute atomic E-state index is 13.2. The molecule has 0 aliphatic carbocycles. The zero-order valence-corrected chi connectivity index (χ0v) is 11.1. The summed E-state index contributed by atoms with van der Waals surface area (Å²) in [6.45, 7) is 4.10. The number of hydrogen-bond acceptors (Lipinski definition) is 3. The molecule has 1 aromatic carbocycles. The van der Waals surface area contributed by atoms with Crippen molar-refractivity contribution in [1.82, 2.24) is 5.32 Å². The average molecular weight is 265 g/mol.